The van der Waals surface area contributed by atoms with Gasteiger partial charge in [-0.3, -0.25) is 14.4 Å². The molecule has 2 aromatic rings. The van der Waals surface area contributed by atoms with E-state index >= 15 is 0 Å². The fourth-order valence-corrected chi connectivity index (χ4v) is 3.44. The Bertz CT molecular complexity index is 973. The van der Waals surface area contributed by atoms with Gasteiger partial charge < -0.3 is 10.1 Å². The number of amides is 1. The van der Waals surface area contributed by atoms with E-state index in [-0.39, 0.29) is 10.7 Å². The first-order chi connectivity index (χ1) is 13.2. The predicted molar refractivity (Wildman–Crippen MR) is 102 cm³/mol. The van der Waals surface area contributed by atoms with E-state index in [1.165, 1.54) is 32.0 Å². The highest BCUT2D eigenvalue weighted by molar-refractivity contribution is 7.89. The predicted octanol–water partition coefficient (Wildman–Crippen LogP) is 1.74. The van der Waals surface area contributed by atoms with Crippen LogP contribution in [0.4, 0.5) is 5.69 Å². The minimum absolute atomic E-state index is 0.0118. The molecule has 28 heavy (non-hydrogen) atoms. The lowest BCUT2D eigenvalue weighted by Crippen LogP contribution is -2.40. The van der Waals surface area contributed by atoms with Crippen LogP contribution in [0.2, 0.25) is 0 Å². The number of hydrogen-bond acceptors (Lipinski definition) is 6. The number of esters is 1. The molecule has 0 radical (unpaired) electrons. The van der Waals surface area contributed by atoms with Crippen molar-refractivity contribution in [3.05, 3.63) is 60.2 Å². The summed E-state index contributed by atoms with van der Waals surface area (Å²) in [5, 5.41) is 2.50. The van der Waals surface area contributed by atoms with Gasteiger partial charge in [0.05, 0.1) is 4.90 Å². The standard InChI is InChI=1S/C19H20N2O6S/c1-13(21-28(25,26)17-9-4-3-5-10-17)19(24)27-12-18(23)20-16-8-6-7-15(11-16)14(2)22/h3-11,13,21H,12H2,1-2H3,(H,20,23)/t13-/m0/s1. The van der Waals surface area contributed by atoms with E-state index in [9.17, 15) is 22.8 Å². The number of Topliss-reactive ketones (excluding diaryl/α,β-unsaturated/α-hetero) is 1. The summed E-state index contributed by atoms with van der Waals surface area (Å²) in [4.78, 5) is 35.3. The van der Waals surface area contributed by atoms with Gasteiger partial charge in [-0.15, -0.1) is 0 Å². The molecule has 9 heteroatoms. The zero-order chi connectivity index (χ0) is 20.7. The van der Waals surface area contributed by atoms with Crippen LogP contribution in [-0.4, -0.2) is 38.7 Å². The number of carbonyl (C=O) groups is 3. The summed E-state index contributed by atoms with van der Waals surface area (Å²) in [6.45, 7) is 2.12. The van der Waals surface area contributed by atoms with Crippen molar-refractivity contribution in [3.8, 4) is 0 Å². The maximum Gasteiger partial charge on any atom is 0.324 e. The Morgan fingerprint density at radius 1 is 1.04 bits per heavy atom. The van der Waals surface area contributed by atoms with E-state index in [1.54, 1.807) is 36.4 Å². The minimum atomic E-state index is -3.89. The number of anilines is 1. The fourth-order valence-electron chi connectivity index (χ4n) is 2.22. The van der Waals surface area contributed by atoms with Crippen molar-refractivity contribution in [2.75, 3.05) is 11.9 Å². The van der Waals surface area contributed by atoms with Crippen LogP contribution in [0.3, 0.4) is 0 Å². The lowest BCUT2D eigenvalue weighted by atomic mass is 10.1. The molecule has 0 heterocycles. The van der Waals surface area contributed by atoms with Crippen LogP contribution in [0.25, 0.3) is 0 Å². The van der Waals surface area contributed by atoms with Gasteiger partial charge in [0.2, 0.25) is 10.0 Å². The molecule has 2 N–H and O–H groups in total. The van der Waals surface area contributed by atoms with Gasteiger partial charge in [0.15, 0.2) is 12.4 Å². The largest absolute Gasteiger partial charge is 0.454 e. The van der Waals surface area contributed by atoms with Gasteiger partial charge >= 0.3 is 5.97 Å². The minimum Gasteiger partial charge on any atom is -0.454 e. The molecule has 8 nitrogen and oxygen atoms in total. The van der Waals surface area contributed by atoms with Gasteiger partial charge in [-0.25, -0.2) is 8.42 Å². The van der Waals surface area contributed by atoms with E-state index in [4.69, 9.17) is 4.74 Å². The Kier molecular flexibility index (Phi) is 7.02. The number of benzene rings is 2. The van der Waals surface area contributed by atoms with Gasteiger partial charge in [0.1, 0.15) is 6.04 Å². The van der Waals surface area contributed by atoms with Gasteiger partial charge in [0, 0.05) is 11.3 Å². The van der Waals surface area contributed by atoms with Crippen LogP contribution in [-0.2, 0) is 24.3 Å². The molecule has 0 aliphatic rings. The summed E-state index contributed by atoms with van der Waals surface area (Å²) in [6.07, 6.45) is 0. The van der Waals surface area contributed by atoms with Crippen LogP contribution in [0.1, 0.15) is 24.2 Å². The van der Waals surface area contributed by atoms with Crippen LogP contribution in [0.5, 0.6) is 0 Å². The number of carbonyl (C=O) groups excluding carboxylic acids is 3. The normalized spacial score (nSPS) is 12.1. The molecule has 0 aromatic heterocycles. The van der Waals surface area contributed by atoms with Gasteiger partial charge in [-0.2, -0.15) is 4.72 Å². The molecular formula is C19H20N2O6S. The lowest BCUT2D eigenvalue weighted by Gasteiger charge is -2.14. The average Bonchev–Trinajstić information content (AvgIpc) is 2.66. The third-order valence-corrected chi connectivity index (χ3v) is 5.19. The molecule has 0 saturated heterocycles. The molecule has 148 valence electrons. The van der Waals surface area contributed by atoms with Crippen molar-refractivity contribution in [1.82, 2.24) is 4.72 Å². The zero-order valence-corrected chi connectivity index (χ0v) is 16.2. The first-order valence-electron chi connectivity index (χ1n) is 8.34. The van der Waals surface area contributed by atoms with E-state index in [0.29, 0.717) is 11.3 Å². The molecular weight excluding hydrogens is 384 g/mol. The molecule has 0 aliphatic carbocycles. The molecule has 0 fully saturated rings. The second kappa shape index (κ2) is 9.25. The Hall–Kier alpha value is -3.04. The Labute approximate surface area is 163 Å². The summed E-state index contributed by atoms with van der Waals surface area (Å²) < 4.78 is 31.4. The van der Waals surface area contributed by atoms with Crippen LogP contribution in [0.15, 0.2) is 59.5 Å². The third kappa shape index (κ3) is 6.00. The van der Waals surface area contributed by atoms with Gasteiger partial charge in [-0.05, 0) is 38.1 Å². The summed E-state index contributed by atoms with van der Waals surface area (Å²) in [6, 6.07) is 12.7. The van der Waals surface area contributed by atoms with E-state index < -0.39 is 34.5 Å². The van der Waals surface area contributed by atoms with E-state index in [2.05, 4.69) is 10.0 Å². The average molecular weight is 404 g/mol. The number of ether oxygens (including phenoxy) is 1. The SMILES string of the molecule is CC(=O)c1cccc(NC(=O)COC(=O)[C@H](C)NS(=O)(=O)c2ccccc2)c1. The fraction of sp³-hybridized carbons (Fsp3) is 0.211. The smallest absolute Gasteiger partial charge is 0.324 e. The number of rotatable bonds is 8. The zero-order valence-electron chi connectivity index (χ0n) is 15.3. The summed E-state index contributed by atoms with van der Waals surface area (Å²) in [5.74, 6) is -1.67. The Morgan fingerprint density at radius 3 is 2.36 bits per heavy atom. The molecule has 1 amide bonds. The summed E-state index contributed by atoms with van der Waals surface area (Å²) >= 11 is 0. The number of nitrogens with one attached hydrogen (secondary N) is 2. The maximum absolute atomic E-state index is 12.2. The molecule has 2 aromatic carbocycles. The van der Waals surface area contributed by atoms with Crippen molar-refractivity contribution in [3.63, 3.8) is 0 Å². The quantitative estimate of drug-likeness (QED) is 0.511. The summed E-state index contributed by atoms with van der Waals surface area (Å²) in [5.41, 5.74) is 0.810. The second-order valence-electron chi connectivity index (χ2n) is 5.95. The van der Waals surface area contributed by atoms with Crippen LogP contribution in [0, 0.1) is 0 Å². The topological polar surface area (TPSA) is 119 Å². The molecule has 0 saturated carbocycles. The molecule has 0 unspecified atom stereocenters. The van der Waals surface area contributed by atoms with Crippen molar-refractivity contribution in [1.29, 1.82) is 0 Å². The van der Waals surface area contributed by atoms with Gasteiger partial charge in [0.25, 0.3) is 5.91 Å². The van der Waals surface area contributed by atoms with Crippen LogP contribution >= 0.6 is 0 Å². The molecule has 0 bridgehead atoms. The first-order valence-corrected chi connectivity index (χ1v) is 9.82. The monoisotopic (exact) mass is 404 g/mol. The molecule has 2 rings (SSSR count). The first kappa shape index (κ1) is 21.3. The molecule has 1 atom stereocenters. The third-order valence-electron chi connectivity index (χ3n) is 3.64. The highest BCUT2D eigenvalue weighted by Gasteiger charge is 2.23. The van der Waals surface area contributed by atoms with Gasteiger partial charge in [-0.1, -0.05) is 30.3 Å². The summed E-state index contributed by atoms with van der Waals surface area (Å²) in [7, 11) is -3.89. The van der Waals surface area contributed by atoms with E-state index in [0.717, 1.165) is 0 Å². The van der Waals surface area contributed by atoms with Crippen molar-refractivity contribution in [2.24, 2.45) is 0 Å². The van der Waals surface area contributed by atoms with E-state index in [1.807, 2.05) is 0 Å². The number of ketones is 1. The molecule has 0 aliphatic heterocycles. The second-order valence-corrected chi connectivity index (χ2v) is 7.66. The number of sulfonamides is 1. The highest BCUT2D eigenvalue weighted by atomic mass is 32.2. The highest BCUT2D eigenvalue weighted by Crippen LogP contribution is 2.11. The lowest BCUT2D eigenvalue weighted by molar-refractivity contribution is -0.148. The molecule has 0 spiro atoms. The maximum atomic E-state index is 12.2. The Morgan fingerprint density at radius 2 is 1.71 bits per heavy atom. The van der Waals surface area contributed by atoms with Crippen molar-refractivity contribution in [2.45, 2.75) is 24.8 Å². The van der Waals surface area contributed by atoms with Crippen LogP contribution < -0.4 is 10.0 Å². The van der Waals surface area contributed by atoms with Crippen molar-refractivity contribution < 1.29 is 27.5 Å². The Balaban J connectivity index is 1.88. The number of hydrogen-bond donors (Lipinski definition) is 2. The van der Waals surface area contributed by atoms with Crippen molar-refractivity contribution >= 4 is 33.4 Å².